The van der Waals surface area contributed by atoms with Gasteiger partial charge in [0.25, 0.3) is 0 Å². The molecule has 0 aliphatic rings. The van der Waals surface area contributed by atoms with E-state index in [4.69, 9.17) is 9.84 Å². The Kier molecular flexibility index (Phi) is 5.98. The number of benzene rings is 1. The molecule has 0 saturated carbocycles. The molecule has 2 aromatic heterocycles. The third kappa shape index (κ3) is 4.41. The van der Waals surface area contributed by atoms with Gasteiger partial charge in [-0.3, -0.25) is 9.98 Å². The van der Waals surface area contributed by atoms with Crippen LogP contribution in [0.25, 0.3) is 11.3 Å². The van der Waals surface area contributed by atoms with Crippen molar-refractivity contribution in [2.75, 3.05) is 13.7 Å². The van der Waals surface area contributed by atoms with Gasteiger partial charge in [0.1, 0.15) is 5.75 Å². The Morgan fingerprint density at radius 1 is 1.19 bits per heavy atom. The number of para-hydroxylation sites is 1. The second-order valence-electron chi connectivity index (χ2n) is 6.09. The first kappa shape index (κ1) is 18.8. The summed E-state index contributed by atoms with van der Waals surface area (Å²) in [5, 5.41) is 6.87. The maximum atomic E-state index is 5.54. The summed E-state index contributed by atoms with van der Waals surface area (Å²) in [6.45, 7) is 8.41. The van der Waals surface area contributed by atoms with Gasteiger partial charge >= 0.3 is 0 Å². The fraction of sp³-hybridized carbons (Fsp3) is 0.190. The standard InChI is InChI=1S/C21H22N4OS/c1-15(2)13-23-21-25(24-16(3)18-10-7-8-12-22-18)19(14-27-21)17-9-5-6-11-20(17)26-4/h5-12,14H,1,13H2,2-4H3. The molecule has 3 rings (SSSR count). The van der Waals surface area contributed by atoms with Crippen LogP contribution in [0.15, 0.2) is 76.3 Å². The normalized spacial score (nSPS) is 12.3. The van der Waals surface area contributed by atoms with Crippen LogP contribution in [0.2, 0.25) is 0 Å². The molecule has 0 aliphatic carbocycles. The number of nitrogens with zero attached hydrogens (tertiary/aromatic N) is 4. The lowest BCUT2D eigenvalue weighted by atomic mass is 10.1. The van der Waals surface area contributed by atoms with Gasteiger partial charge in [-0.15, -0.1) is 11.3 Å². The summed E-state index contributed by atoms with van der Waals surface area (Å²) in [5.41, 5.74) is 4.52. The third-order valence-corrected chi connectivity index (χ3v) is 4.69. The molecule has 0 radical (unpaired) electrons. The minimum absolute atomic E-state index is 0.560. The van der Waals surface area contributed by atoms with Crippen molar-refractivity contribution < 1.29 is 4.74 Å². The van der Waals surface area contributed by atoms with Gasteiger partial charge in [0.05, 0.1) is 30.8 Å². The number of hydrogen-bond donors (Lipinski definition) is 0. The van der Waals surface area contributed by atoms with Gasteiger partial charge in [0.15, 0.2) is 0 Å². The summed E-state index contributed by atoms with van der Waals surface area (Å²) in [4.78, 5) is 9.86. The second-order valence-corrected chi connectivity index (χ2v) is 6.93. The SMILES string of the molecule is C=C(C)CN=c1scc(-c2ccccc2OC)n1N=C(C)c1ccccn1. The number of hydrogen-bond acceptors (Lipinski definition) is 5. The molecule has 138 valence electrons. The topological polar surface area (TPSA) is 51.8 Å². The van der Waals surface area contributed by atoms with Gasteiger partial charge in [0.2, 0.25) is 4.80 Å². The molecular formula is C21H22N4OS. The zero-order valence-corrected chi connectivity index (χ0v) is 16.5. The Hall–Kier alpha value is -2.99. The van der Waals surface area contributed by atoms with Crippen LogP contribution in [0.5, 0.6) is 5.75 Å². The molecular weight excluding hydrogens is 356 g/mol. The number of aromatic nitrogens is 2. The molecule has 0 fully saturated rings. The van der Waals surface area contributed by atoms with E-state index in [1.807, 2.05) is 66.4 Å². The molecule has 5 nitrogen and oxygen atoms in total. The number of thiazole rings is 1. The number of methoxy groups -OCH3 is 1. The number of rotatable bonds is 6. The van der Waals surface area contributed by atoms with Crippen LogP contribution < -0.4 is 9.54 Å². The van der Waals surface area contributed by atoms with Crippen molar-refractivity contribution in [1.82, 2.24) is 9.66 Å². The highest BCUT2D eigenvalue weighted by Crippen LogP contribution is 2.30. The lowest BCUT2D eigenvalue weighted by molar-refractivity contribution is 0.416. The molecule has 0 atom stereocenters. The second kappa shape index (κ2) is 8.60. The van der Waals surface area contributed by atoms with Gasteiger partial charge < -0.3 is 4.74 Å². The van der Waals surface area contributed by atoms with Gasteiger partial charge in [-0.2, -0.15) is 5.10 Å². The minimum Gasteiger partial charge on any atom is -0.496 e. The Labute approximate surface area is 163 Å². The van der Waals surface area contributed by atoms with E-state index in [1.165, 1.54) is 0 Å². The minimum atomic E-state index is 0.560. The first-order chi connectivity index (χ1) is 13.1. The van der Waals surface area contributed by atoms with E-state index in [0.717, 1.165) is 38.8 Å². The molecule has 2 heterocycles. The van der Waals surface area contributed by atoms with Gasteiger partial charge in [0, 0.05) is 17.1 Å². The first-order valence-corrected chi connectivity index (χ1v) is 9.44. The molecule has 0 spiro atoms. The van der Waals surface area contributed by atoms with E-state index >= 15 is 0 Å². The van der Waals surface area contributed by atoms with Crippen molar-refractivity contribution in [2.24, 2.45) is 10.1 Å². The highest BCUT2D eigenvalue weighted by Gasteiger charge is 2.13. The summed E-state index contributed by atoms with van der Waals surface area (Å²) in [7, 11) is 1.67. The van der Waals surface area contributed by atoms with Crippen LogP contribution in [-0.4, -0.2) is 29.0 Å². The van der Waals surface area contributed by atoms with Crippen molar-refractivity contribution >= 4 is 17.0 Å². The summed E-state index contributed by atoms with van der Waals surface area (Å²) in [6, 6.07) is 13.7. The zero-order valence-electron chi connectivity index (χ0n) is 15.7. The van der Waals surface area contributed by atoms with Crippen LogP contribution in [0.1, 0.15) is 19.5 Å². The largest absolute Gasteiger partial charge is 0.496 e. The number of ether oxygens (including phenoxy) is 1. The van der Waals surface area contributed by atoms with Crippen molar-refractivity contribution in [3.8, 4) is 17.0 Å². The molecule has 0 bridgehead atoms. The van der Waals surface area contributed by atoms with Crippen molar-refractivity contribution in [3.63, 3.8) is 0 Å². The summed E-state index contributed by atoms with van der Waals surface area (Å²) >= 11 is 1.54. The smallest absolute Gasteiger partial charge is 0.206 e. The van der Waals surface area contributed by atoms with E-state index in [0.29, 0.717) is 6.54 Å². The fourth-order valence-electron chi connectivity index (χ4n) is 2.53. The summed E-state index contributed by atoms with van der Waals surface area (Å²) in [6.07, 6.45) is 1.76. The molecule has 0 aliphatic heterocycles. The molecule has 0 unspecified atom stereocenters. The lowest BCUT2D eigenvalue weighted by Gasteiger charge is -2.09. The predicted octanol–water partition coefficient (Wildman–Crippen LogP) is 4.37. The summed E-state index contributed by atoms with van der Waals surface area (Å²) < 4.78 is 7.39. The van der Waals surface area contributed by atoms with Crippen molar-refractivity contribution in [3.05, 3.63) is 76.7 Å². The van der Waals surface area contributed by atoms with E-state index in [2.05, 4.69) is 16.6 Å². The Bertz CT molecular complexity index is 1030. The first-order valence-electron chi connectivity index (χ1n) is 8.56. The van der Waals surface area contributed by atoms with E-state index < -0.39 is 0 Å². The maximum absolute atomic E-state index is 5.54. The van der Waals surface area contributed by atoms with Crippen LogP contribution in [-0.2, 0) is 0 Å². The maximum Gasteiger partial charge on any atom is 0.206 e. The number of pyridine rings is 1. The molecule has 6 heteroatoms. The highest BCUT2D eigenvalue weighted by molar-refractivity contribution is 7.07. The van der Waals surface area contributed by atoms with E-state index in [-0.39, 0.29) is 0 Å². The molecule has 0 amide bonds. The zero-order chi connectivity index (χ0) is 19.2. The van der Waals surface area contributed by atoms with Crippen LogP contribution in [0, 0.1) is 0 Å². The lowest BCUT2D eigenvalue weighted by Crippen LogP contribution is -2.15. The van der Waals surface area contributed by atoms with E-state index in [9.17, 15) is 0 Å². The summed E-state index contributed by atoms with van der Waals surface area (Å²) in [5.74, 6) is 0.793. The van der Waals surface area contributed by atoms with E-state index in [1.54, 1.807) is 24.6 Å². The highest BCUT2D eigenvalue weighted by atomic mass is 32.1. The molecule has 0 saturated heterocycles. The monoisotopic (exact) mass is 378 g/mol. The van der Waals surface area contributed by atoms with Gasteiger partial charge in [-0.1, -0.05) is 30.4 Å². The van der Waals surface area contributed by atoms with Crippen LogP contribution in [0.3, 0.4) is 0 Å². The predicted molar refractivity (Wildman–Crippen MR) is 111 cm³/mol. The Morgan fingerprint density at radius 2 is 1.96 bits per heavy atom. The van der Waals surface area contributed by atoms with Gasteiger partial charge in [-0.25, -0.2) is 4.68 Å². The van der Waals surface area contributed by atoms with Crippen molar-refractivity contribution in [1.29, 1.82) is 0 Å². The quantitative estimate of drug-likeness (QED) is 0.472. The average molecular weight is 379 g/mol. The van der Waals surface area contributed by atoms with Crippen LogP contribution in [0.4, 0.5) is 0 Å². The van der Waals surface area contributed by atoms with Crippen molar-refractivity contribution in [2.45, 2.75) is 13.8 Å². The fourth-order valence-corrected chi connectivity index (χ4v) is 3.35. The van der Waals surface area contributed by atoms with Crippen LogP contribution >= 0.6 is 11.3 Å². The van der Waals surface area contributed by atoms with Gasteiger partial charge in [-0.05, 0) is 38.1 Å². The molecule has 27 heavy (non-hydrogen) atoms. The third-order valence-electron chi connectivity index (χ3n) is 3.84. The molecule has 0 N–H and O–H groups in total. The average Bonchev–Trinajstić information content (AvgIpc) is 3.09. The molecule has 1 aromatic carbocycles. The molecule has 3 aromatic rings. The Morgan fingerprint density at radius 3 is 2.67 bits per heavy atom. The Balaban J connectivity index is 2.18.